The van der Waals surface area contributed by atoms with Crippen molar-refractivity contribution in [3.63, 3.8) is 0 Å². The Balaban J connectivity index is 0.00000382. The van der Waals surface area contributed by atoms with Gasteiger partial charge in [-0.1, -0.05) is 93.0 Å². The Morgan fingerprint density at radius 2 is 1.61 bits per heavy atom. The van der Waals surface area contributed by atoms with E-state index >= 15 is 0 Å². The minimum atomic E-state index is -0.247. The van der Waals surface area contributed by atoms with Crippen LogP contribution in [0, 0.1) is 28.6 Å². The first-order valence-corrected chi connectivity index (χ1v) is 17.8. The number of aromatic nitrogens is 2. The van der Waals surface area contributed by atoms with Gasteiger partial charge in [-0.25, -0.2) is 9.13 Å². The molecule has 4 atom stereocenters. The van der Waals surface area contributed by atoms with Gasteiger partial charge < -0.3 is 5.11 Å². The second-order valence-corrected chi connectivity index (χ2v) is 13.4. The quantitative estimate of drug-likeness (QED) is 0.159. The molecule has 2 rings (SSSR count). The van der Waals surface area contributed by atoms with Crippen molar-refractivity contribution < 1.29 is 19.3 Å². The monoisotopic (exact) mass is 677 g/mol. The molecule has 1 heterocycles. The summed E-state index contributed by atoms with van der Waals surface area (Å²) in [5.74, 6) is 0.355. The predicted octanol–water partition coefficient (Wildman–Crippen LogP) is 6.50. The fourth-order valence-corrected chi connectivity index (χ4v) is 5.68. The van der Waals surface area contributed by atoms with Crippen molar-refractivity contribution >= 4 is 34.8 Å². The zero-order chi connectivity index (χ0) is 32.0. The molecule has 1 N–H and O–H groups in total. The number of imidazole rings is 1. The van der Waals surface area contributed by atoms with Crippen LogP contribution in [0.5, 0.6) is 0 Å². The number of carbonyl (C=O) groups excluding carboxylic acids is 2. The molecule has 0 aliphatic carbocycles. The van der Waals surface area contributed by atoms with E-state index in [0.29, 0.717) is 12.3 Å². The summed E-state index contributed by atoms with van der Waals surface area (Å²) in [7, 11) is 2.58. The number of hydrogen-bond donors (Lipinski definition) is 1. The van der Waals surface area contributed by atoms with Crippen molar-refractivity contribution in [1.29, 1.82) is 0 Å². The number of carbonyl (C=O) groups is 2. The Bertz CT molecular complexity index is 1010. The van der Waals surface area contributed by atoms with E-state index < -0.39 is 0 Å². The van der Waals surface area contributed by atoms with Crippen LogP contribution in [0.15, 0.2) is 43.0 Å². The number of amides is 2. The molecule has 231 valence electrons. The molecule has 0 aliphatic heterocycles. The molecule has 2 aromatic rings. The standard InChI is InChI=1S/C32H52N3O2.CH4O.CH3.Sn/c1-11-12-17-34-18-19-35(22-34)21-26-13-15-27(16-14-26)28(20-31(4,5)6)24(2)25(3)29(32(7,8)9)30(37)33(10)23-36;1-2;;/h13-16,18-19,22-25,28-29H,11-12,17,20-21H2,1-10H3;2H,1H3;1H3;/q+1;;;. The molecule has 41 heavy (non-hydrogen) atoms. The Morgan fingerprint density at radius 3 is 2.07 bits per heavy atom. The van der Waals surface area contributed by atoms with Gasteiger partial charge in [-0.05, 0) is 52.6 Å². The first-order valence-electron chi connectivity index (χ1n) is 15.0. The fraction of sp³-hybridized carbons (Fsp3) is 0.676. The minimum absolute atomic E-state index is 0.0883. The average molecular weight is 677 g/mol. The summed E-state index contributed by atoms with van der Waals surface area (Å²) in [5.41, 5.74) is 2.51. The van der Waals surface area contributed by atoms with E-state index in [1.165, 1.54) is 28.9 Å². The van der Waals surface area contributed by atoms with E-state index in [4.69, 9.17) is 5.11 Å². The maximum atomic E-state index is 13.3. The third kappa shape index (κ3) is 13.0. The van der Waals surface area contributed by atoms with Crippen LogP contribution in [0.2, 0.25) is 4.94 Å². The molecule has 0 saturated carbocycles. The van der Waals surface area contributed by atoms with Crippen molar-refractivity contribution in [2.24, 2.45) is 28.6 Å². The number of aryl methyl sites for hydroxylation is 1. The van der Waals surface area contributed by atoms with Crippen molar-refractivity contribution in [3.05, 3.63) is 54.1 Å². The molecule has 0 aliphatic rings. The number of unbranched alkanes of at least 4 members (excludes halogenated alkanes) is 1. The summed E-state index contributed by atoms with van der Waals surface area (Å²) in [6.45, 7) is 21.8. The predicted molar refractivity (Wildman–Crippen MR) is 172 cm³/mol. The van der Waals surface area contributed by atoms with Crippen LogP contribution in [0.25, 0.3) is 0 Å². The molecule has 6 nitrogen and oxygen atoms in total. The molecule has 7 heteroatoms. The van der Waals surface area contributed by atoms with E-state index in [1.54, 1.807) is 29.6 Å². The fourth-order valence-electron chi connectivity index (χ4n) is 5.68. The Labute approximate surface area is 265 Å². The summed E-state index contributed by atoms with van der Waals surface area (Å²) in [4.78, 5) is 28.0. The van der Waals surface area contributed by atoms with Gasteiger partial charge in [0.1, 0.15) is 18.9 Å². The number of benzene rings is 1. The molecule has 3 radical (unpaired) electrons. The third-order valence-electron chi connectivity index (χ3n) is 7.82. The zero-order valence-electron chi connectivity index (χ0n) is 28.1. The van der Waals surface area contributed by atoms with E-state index in [-0.39, 0.29) is 34.5 Å². The molecular weight excluding hydrogens is 617 g/mol. The topological polar surface area (TPSA) is 66.4 Å². The second-order valence-electron chi connectivity index (χ2n) is 13.4. The van der Waals surface area contributed by atoms with Gasteiger partial charge in [-0.3, -0.25) is 14.5 Å². The van der Waals surface area contributed by atoms with Gasteiger partial charge in [0.25, 0.3) is 0 Å². The molecule has 0 saturated heterocycles. The van der Waals surface area contributed by atoms with E-state index in [9.17, 15) is 9.59 Å². The molecular formula is C34H59N3O3Sn+. The van der Waals surface area contributed by atoms with Gasteiger partial charge in [-0.2, -0.15) is 0 Å². The second kappa shape index (κ2) is 18.8. The average Bonchev–Trinajstić information content (AvgIpc) is 3.38. The number of aliphatic hydroxyl groups excluding tert-OH is 1. The van der Waals surface area contributed by atoms with Crippen molar-refractivity contribution in [3.8, 4) is 0 Å². The van der Waals surface area contributed by atoms with Gasteiger partial charge in [0.15, 0.2) is 0 Å². The molecule has 2 amide bonds. The Morgan fingerprint density at radius 1 is 1.05 bits per heavy atom. The van der Waals surface area contributed by atoms with Crippen LogP contribution >= 0.6 is 0 Å². The Kier molecular flexibility index (Phi) is 18.0. The van der Waals surface area contributed by atoms with Gasteiger partial charge in [0.2, 0.25) is 18.6 Å². The molecule has 4 unspecified atom stereocenters. The first-order chi connectivity index (χ1) is 19.2. The van der Waals surface area contributed by atoms with Crippen LogP contribution in [0.3, 0.4) is 0 Å². The van der Waals surface area contributed by atoms with Crippen LogP contribution < -0.4 is 4.57 Å². The first kappa shape index (κ1) is 39.3. The Hall–Kier alpha value is -1.67. The summed E-state index contributed by atoms with van der Waals surface area (Å²) in [5, 5.41) is 7.00. The number of imide groups is 1. The molecule has 1 aromatic carbocycles. The summed E-state index contributed by atoms with van der Waals surface area (Å²) in [6, 6.07) is 9.08. The van der Waals surface area contributed by atoms with Crippen molar-refractivity contribution in [2.45, 2.75) is 106 Å². The summed E-state index contributed by atoms with van der Waals surface area (Å²) in [6.07, 6.45) is 10.6. The summed E-state index contributed by atoms with van der Waals surface area (Å²) >= 11 is 1.55. The van der Waals surface area contributed by atoms with E-state index in [0.717, 1.165) is 26.6 Å². The summed E-state index contributed by atoms with van der Waals surface area (Å²) < 4.78 is 4.50. The van der Waals surface area contributed by atoms with Crippen LogP contribution in [-0.2, 0) is 22.7 Å². The van der Waals surface area contributed by atoms with Crippen LogP contribution in [-0.4, -0.2) is 63.6 Å². The third-order valence-corrected chi connectivity index (χ3v) is 7.82. The van der Waals surface area contributed by atoms with Gasteiger partial charge in [0.05, 0.1) is 6.54 Å². The number of hydrogen-bond acceptors (Lipinski definition) is 3. The van der Waals surface area contributed by atoms with Crippen LogP contribution in [0.1, 0.15) is 98.6 Å². The van der Waals surface area contributed by atoms with Gasteiger partial charge >= 0.3 is 27.5 Å². The number of aliphatic hydroxyl groups is 1. The zero-order valence-corrected chi connectivity index (χ0v) is 30.9. The van der Waals surface area contributed by atoms with Crippen molar-refractivity contribution in [2.75, 3.05) is 14.2 Å². The molecule has 1 aromatic heterocycles. The van der Waals surface area contributed by atoms with Crippen molar-refractivity contribution in [1.82, 2.24) is 9.47 Å². The number of nitrogens with zero attached hydrogens (tertiary/aromatic N) is 3. The normalized spacial score (nSPS) is 14.4. The molecule has 0 bridgehead atoms. The van der Waals surface area contributed by atoms with Gasteiger partial charge in [0, 0.05) is 20.1 Å². The maximum absolute atomic E-state index is 13.3. The van der Waals surface area contributed by atoms with E-state index in [2.05, 4.69) is 119 Å². The molecule has 0 fully saturated rings. The van der Waals surface area contributed by atoms with Crippen LogP contribution in [0.4, 0.5) is 0 Å². The SMILES string of the molecule is CCCCn1cc[n+](Cc2ccc(C(CC(C)(C)C)C(C)C(C)C(C(=O)N(C)C=O)C(C)(C)C)cc2)c1.CO.[CH3][Sn]. The van der Waals surface area contributed by atoms with Gasteiger partial charge in [-0.15, -0.1) is 0 Å². The number of rotatable bonds is 12. The molecule has 0 spiro atoms. The van der Waals surface area contributed by atoms with E-state index in [1.807, 2.05) is 0 Å².